The molecule has 0 aromatic heterocycles. The van der Waals surface area contributed by atoms with Crippen molar-refractivity contribution in [3.63, 3.8) is 0 Å². The molecule has 1 rings (SSSR count). The van der Waals surface area contributed by atoms with Crippen molar-refractivity contribution in [2.75, 3.05) is 5.73 Å². The molecule has 0 aliphatic carbocycles. The molecule has 0 saturated heterocycles. The van der Waals surface area contributed by atoms with E-state index in [0.717, 1.165) is 5.69 Å². The van der Waals surface area contributed by atoms with E-state index in [4.69, 9.17) is 5.73 Å². The lowest BCUT2D eigenvalue weighted by atomic mass is 10.1. The molecular formula is C15H27N. The molecule has 0 aliphatic rings. The van der Waals surface area contributed by atoms with Gasteiger partial charge in [-0.25, -0.2) is 0 Å². The highest BCUT2D eigenvalue weighted by Crippen LogP contribution is 2.03. The van der Waals surface area contributed by atoms with Crippen molar-refractivity contribution in [2.45, 2.75) is 59.3 Å². The van der Waals surface area contributed by atoms with Gasteiger partial charge in [0.1, 0.15) is 0 Å². The minimum Gasteiger partial charge on any atom is -0.399 e. The van der Waals surface area contributed by atoms with Crippen molar-refractivity contribution < 1.29 is 0 Å². The maximum Gasteiger partial charge on any atom is 0.0314 e. The van der Waals surface area contributed by atoms with Crippen LogP contribution in [0.15, 0.2) is 24.3 Å². The Morgan fingerprint density at radius 2 is 1.25 bits per heavy atom. The second-order valence-corrected chi connectivity index (χ2v) is 4.32. The van der Waals surface area contributed by atoms with Crippen LogP contribution >= 0.6 is 0 Å². The summed E-state index contributed by atoms with van der Waals surface area (Å²) in [6.07, 6.45) is 8.49. The average molecular weight is 221 g/mol. The molecule has 1 nitrogen and oxygen atoms in total. The van der Waals surface area contributed by atoms with Crippen molar-refractivity contribution in [3.8, 4) is 0 Å². The summed E-state index contributed by atoms with van der Waals surface area (Å²) in [4.78, 5) is 0. The van der Waals surface area contributed by atoms with Crippen molar-refractivity contribution in [1.29, 1.82) is 0 Å². The van der Waals surface area contributed by atoms with Gasteiger partial charge in [-0.15, -0.1) is 0 Å². The van der Waals surface area contributed by atoms with Crippen LogP contribution in [0.4, 0.5) is 5.69 Å². The van der Waals surface area contributed by atoms with Gasteiger partial charge in [-0.2, -0.15) is 0 Å². The van der Waals surface area contributed by atoms with Crippen molar-refractivity contribution >= 4 is 5.69 Å². The summed E-state index contributed by atoms with van der Waals surface area (Å²) in [5.74, 6) is 0. The van der Waals surface area contributed by atoms with E-state index in [2.05, 4.69) is 13.8 Å². The van der Waals surface area contributed by atoms with E-state index in [-0.39, 0.29) is 0 Å². The Kier molecular flexibility index (Phi) is 9.89. The van der Waals surface area contributed by atoms with Crippen LogP contribution in [-0.4, -0.2) is 0 Å². The van der Waals surface area contributed by atoms with Gasteiger partial charge >= 0.3 is 0 Å². The number of benzene rings is 1. The molecular weight excluding hydrogens is 194 g/mol. The number of hydrogen-bond acceptors (Lipinski definition) is 1. The fourth-order valence-electron chi connectivity index (χ4n) is 1.42. The second-order valence-electron chi connectivity index (χ2n) is 4.32. The maximum absolute atomic E-state index is 5.43. The van der Waals surface area contributed by atoms with Crippen LogP contribution < -0.4 is 5.73 Å². The minimum atomic E-state index is 0.829. The van der Waals surface area contributed by atoms with Crippen LogP contribution in [0.5, 0.6) is 0 Å². The number of nitrogens with two attached hydrogens (primary N) is 1. The van der Waals surface area contributed by atoms with E-state index >= 15 is 0 Å². The first-order valence-corrected chi connectivity index (χ1v) is 6.52. The van der Waals surface area contributed by atoms with E-state index in [0.29, 0.717) is 0 Å². The summed E-state index contributed by atoms with van der Waals surface area (Å²) >= 11 is 0. The molecule has 0 unspecified atom stereocenters. The van der Waals surface area contributed by atoms with Gasteiger partial charge in [-0.3, -0.25) is 0 Å². The van der Waals surface area contributed by atoms with Gasteiger partial charge in [0.15, 0.2) is 0 Å². The minimum absolute atomic E-state index is 0.829. The average Bonchev–Trinajstić information content (AvgIpc) is 2.30. The number of anilines is 1. The summed E-state index contributed by atoms with van der Waals surface area (Å²) < 4.78 is 0. The summed E-state index contributed by atoms with van der Waals surface area (Å²) in [7, 11) is 0. The summed E-state index contributed by atoms with van der Waals surface area (Å²) in [6.45, 7) is 6.55. The third-order valence-electron chi connectivity index (χ3n) is 2.53. The fraction of sp³-hybridized carbons (Fsp3) is 0.600. The molecule has 92 valence electrons. The molecule has 1 aromatic rings. The molecule has 1 aromatic carbocycles. The van der Waals surface area contributed by atoms with Crippen LogP contribution in [0.1, 0.15) is 57.9 Å². The van der Waals surface area contributed by atoms with E-state index in [9.17, 15) is 0 Å². The summed E-state index contributed by atoms with van der Waals surface area (Å²) in [5, 5.41) is 0. The van der Waals surface area contributed by atoms with Crippen LogP contribution in [0, 0.1) is 6.92 Å². The molecule has 16 heavy (non-hydrogen) atoms. The molecule has 0 heterocycles. The molecule has 0 saturated carbocycles. The molecule has 0 spiro atoms. The Balaban J connectivity index is 0.000000281. The lowest BCUT2D eigenvalue weighted by molar-refractivity contribution is 0.624. The van der Waals surface area contributed by atoms with Crippen LogP contribution in [-0.2, 0) is 0 Å². The van der Waals surface area contributed by atoms with Crippen molar-refractivity contribution in [2.24, 2.45) is 0 Å². The summed E-state index contributed by atoms with van der Waals surface area (Å²) in [6, 6.07) is 7.79. The zero-order valence-electron chi connectivity index (χ0n) is 11.1. The molecule has 0 amide bonds. The van der Waals surface area contributed by atoms with Crippen LogP contribution in [0.2, 0.25) is 0 Å². The number of hydrogen-bond donors (Lipinski definition) is 1. The SMILES string of the molecule is CCCCCCCC.Cc1ccc(N)cc1. The Hall–Kier alpha value is -0.980. The van der Waals surface area contributed by atoms with Gasteiger partial charge in [0.2, 0.25) is 0 Å². The van der Waals surface area contributed by atoms with E-state index in [1.54, 1.807) is 0 Å². The lowest BCUT2D eigenvalue weighted by Crippen LogP contribution is -1.81. The first kappa shape index (κ1) is 15.0. The van der Waals surface area contributed by atoms with Crippen LogP contribution in [0.3, 0.4) is 0 Å². The van der Waals surface area contributed by atoms with Crippen molar-refractivity contribution in [3.05, 3.63) is 29.8 Å². The predicted molar refractivity (Wildman–Crippen MR) is 74.6 cm³/mol. The molecule has 0 atom stereocenters. The quantitative estimate of drug-likeness (QED) is 0.553. The largest absolute Gasteiger partial charge is 0.399 e. The summed E-state index contributed by atoms with van der Waals surface area (Å²) in [5.41, 5.74) is 7.51. The smallest absolute Gasteiger partial charge is 0.0314 e. The van der Waals surface area contributed by atoms with Gasteiger partial charge in [-0.05, 0) is 19.1 Å². The number of unbranched alkanes of at least 4 members (excludes halogenated alkanes) is 5. The monoisotopic (exact) mass is 221 g/mol. The van der Waals surface area contributed by atoms with Gasteiger partial charge in [0.25, 0.3) is 0 Å². The van der Waals surface area contributed by atoms with Gasteiger partial charge in [0, 0.05) is 5.69 Å². The molecule has 0 bridgehead atoms. The zero-order valence-corrected chi connectivity index (χ0v) is 11.1. The number of aryl methyl sites for hydroxylation is 1. The highest BCUT2D eigenvalue weighted by molar-refractivity contribution is 5.38. The van der Waals surface area contributed by atoms with Gasteiger partial charge in [-0.1, -0.05) is 70.1 Å². The Morgan fingerprint density at radius 3 is 1.56 bits per heavy atom. The highest BCUT2D eigenvalue weighted by atomic mass is 14.5. The third-order valence-corrected chi connectivity index (χ3v) is 2.53. The van der Waals surface area contributed by atoms with Gasteiger partial charge < -0.3 is 5.73 Å². The van der Waals surface area contributed by atoms with E-state index in [1.165, 1.54) is 44.1 Å². The molecule has 1 heteroatoms. The van der Waals surface area contributed by atoms with Crippen molar-refractivity contribution in [1.82, 2.24) is 0 Å². The predicted octanol–water partition coefficient (Wildman–Crippen LogP) is 4.94. The second kappa shape index (κ2) is 10.5. The molecule has 0 fully saturated rings. The lowest BCUT2D eigenvalue weighted by Gasteiger charge is -1.93. The fourth-order valence-corrected chi connectivity index (χ4v) is 1.42. The number of nitrogen functional groups attached to an aromatic ring is 1. The maximum atomic E-state index is 5.43. The Morgan fingerprint density at radius 1 is 0.812 bits per heavy atom. The Labute approximate surface area is 101 Å². The standard InChI is InChI=1S/C8H18.C7H9N/c1-3-5-7-8-6-4-2;1-6-2-4-7(8)5-3-6/h3-8H2,1-2H3;2-5H,8H2,1H3. The zero-order chi connectivity index (χ0) is 12.2. The highest BCUT2D eigenvalue weighted by Gasteiger charge is 1.83. The van der Waals surface area contributed by atoms with Crippen LogP contribution in [0.25, 0.3) is 0 Å². The first-order valence-electron chi connectivity index (χ1n) is 6.52. The molecule has 0 aliphatic heterocycles. The molecule has 2 N–H and O–H groups in total. The van der Waals surface area contributed by atoms with E-state index < -0.39 is 0 Å². The normalized spacial score (nSPS) is 9.44. The first-order chi connectivity index (χ1) is 7.70. The topological polar surface area (TPSA) is 26.0 Å². The molecule has 0 radical (unpaired) electrons. The van der Waals surface area contributed by atoms with Gasteiger partial charge in [0.05, 0.1) is 0 Å². The third kappa shape index (κ3) is 9.57. The van der Waals surface area contributed by atoms with E-state index in [1.807, 2.05) is 31.2 Å². The Bertz CT molecular complexity index is 211. The number of rotatable bonds is 5.